The molecule has 30 heavy (non-hydrogen) atoms. The molecule has 0 unspecified atom stereocenters. The first-order valence-electron chi connectivity index (χ1n) is 9.69. The van der Waals surface area contributed by atoms with Crippen LogP contribution >= 0.6 is 0 Å². The first-order chi connectivity index (χ1) is 14.6. The van der Waals surface area contributed by atoms with Gasteiger partial charge in [0.2, 0.25) is 0 Å². The lowest BCUT2D eigenvalue weighted by atomic mass is 10.1. The number of aromatic amines is 1. The Morgan fingerprint density at radius 1 is 1.03 bits per heavy atom. The number of fused-ring (bicyclic) bond motifs is 2. The average Bonchev–Trinajstić information content (AvgIpc) is 3.16. The van der Waals surface area contributed by atoms with Crippen molar-refractivity contribution in [2.75, 3.05) is 13.1 Å². The van der Waals surface area contributed by atoms with E-state index in [9.17, 15) is 14.0 Å². The quantitative estimate of drug-likeness (QED) is 0.558. The van der Waals surface area contributed by atoms with E-state index in [2.05, 4.69) is 15.2 Å². The SMILES string of the molecule is O=C(c1cc(-c2ccc(F)cc2)n[nH]1)N1CCc2nc3ccccc3c(=O)n2CC1. The molecule has 1 N–H and O–H groups in total. The molecule has 0 spiro atoms. The Bertz CT molecular complexity index is 1310. The molecule has 0 fully saturated rings. The number of carbonyl (C=O) groups is 1. The molecule has 0 saturated heterocycles. The number of H-pyrrole nitrogens is 1. The third kappa shape index (κ3) is 3.16. The van der Waals surface area contributed by atoms with E-state index in [1.807, 2.05) is 18.2 Å². The molecule has 3 heterocycles. The van der Waals surface area contributed by atoms with Crippen LogP contribution < -0.4 is 5.56 Å². The summed E-state index contributed by atoms with van der Waals surface area (Å²) in [5.74, 6) is 0.165. The molecular formula is C22H18FN5O2. The van der Waals surface area contributed by atoms with Crippen LogP contribution in [0.2, 0.25) is 0 Å². The van der Waals surface area contributed by atoms with Crippen molar-refractivity contribution in [3.8, 4) is 11.3 Å². The average molecular weight is 403 g/mol. The third-order valence-electron chi connectivity index (χ3n) is 5.38. The van der Waals surface area contributed by atoms with Gasteiger partial charge >= 0.3 is 0 Å². The van der Waals surface area contributed by atoms with Crippen molar-refractivity contribution >= 4 is 16.8 Å². The molecular weight excluding hydrogens is 385 g/mol. The first-order valence-corrected chi connectivity index (χ1v) is 9.69. The van der Waals surface area contributed by atoms with Gasteiger partial charge in [0.1, 0.15) is 17.3 Å². The van der Waals surface area contributed by atoms with Gasteiger partial charge in [-0.2, -0.15) is 5.10 Å². The van der Waals surface area contributed by atoms with Crippen molar-refractivity contribution in [2.24, 2.45) is 0 Å². The number of halogens is 1. The van der Waals surface area contributed by atoms with Crippen molar-refractivity contribution in [3.63, 3.8) is 0 Å². The van der Waals surface area contributed by atoms with E-state index in [4.69, 9.17) is 0 Å². The third-order valence-corrected chi connectivity index (χ3v) is 5.38. The topological polar surface area (TPSA) is 83.9 Å². The Kier molecular flexibility index (Phi) is 4.39. The van der Waals surface area contributed by atoms with Crippen molar-refractivity contribution in [1.29, 1.82) is 0 Å². The molecule has 1 aliphatic rings. The van der Waals surface area contributed by atoms with Crippen LogP contribution in [-0.4, -0.2) is 43.6 Å². The molecule has 5 rings (SSSR count). The van der Waals surface area contributed by atoms with Crippen LogP contribution in [-0.2, 0) is 13.0 Å². The number of aromatic nitrogens is 4. The summed E-state index contributed by atoms with van der Waals surface area (Å²) in [6.45, 7) is 1.24. The van der Waals surface area contributed by atoms with Crippen LogP contribution in [0.3, 0.4) is 0 Å². The predicted molar refractivity (Wildman–Crippen MR) is 110 cm³/mol. The van der Waals surface area contributed by atoms with Gasteiger partial charge in [-0.15, -0.1) is 0 Å². The summed E-state index contributed by atoms with van der Waals surface area (Å²) >= 11 is 0. The van der Waals surface area contributed by atoms with Crippen LogP contribution in [0.5, 0.6) is 0 Å². The molecule has 0 saturated carbocycles. The molecule has 0 bridgehead atoms. The minimum Gasteiger partial charge on any atom is -0.335 e. The number of nitrogens with one attached hydrogen (secondary N) is 1. The fraction of sp³-hybridized carbons (Fsp3) is 0.182. The highest BCUT2D eigenvalue weighted by Gasteiger charge is 2.23. The van der Waals surface area contributed by atoms with Gasteiger partial charge in [-0.25, -0.2) is 9.37 Å². The predicted octanol–water partition coefficient (Wildman–Crippen LogP) is 2.62. The van der Waals surface area contributed by atoms with Gasteiger partial charge in [0.15, 0.2) is 0 Å². The second-order valence-corrected chi connectivity index (χ2v) is 7.22. The van der Waals surface area contributed by atoms with E-state index in [0.29, 0.717) is 54.2 Å². The van der Waals surface area contributed by atoms with E-state index in [0.717, 1.165) is 5.56 Å². The van der Waals surface area contributed by atoms with Crippen LogP contribution in [0.25, 0.3) is 22.2 Å². The van der Waals surface area contributed by atoms with Gasteiger partial charge in [0.25, 0.3) is 11.5 Å². The summed E-state index contributed by atoms with van der Waals surface area (Å²) in [6.07, 6.45) is 0.491. The van der Waals surface area contributed by atoms with E-state index in [-0.39, 0.29) is 17.3 Å². The monoisotopic (exact) mass is 403 g/mol. The number of amides is 1. The van der Waals surface area contributed by atoms with Crippen LogP contribution in [0.1, 0.15) is 16.3 Å². The number of para-hydroxylation sites is 1. The van der Waals surface area contributed by atoms with Gasteiger partial charge in [-0.05, 0) is 42.5 Å². The minimum absolute atomic E-state index is 0.0787. The smallest absolute Gasteiger partial charge is 0.271 e. The van der Waals surface area contributed by atoms with E-state index >= 15 is 0 Å². The van der Waals surface area contributed by atoms with Crippen molar-refractivity contribution in [1.82, 2.24) is 24.6 Å². The van der Waals surface area contributed by atoms with Gasteiger partial charge in [0, 0.05) is 31.6 Å². The van der Waals surface area contributed by atoms with Crippen LogP contribution in [0.15, 0.2) is 59.4 Å². The Labute approximate surface area is 170 Å². The normalized spacial score (nSPS) is 13.8. The van der Waals surface area contributed by atoms with Gasteiger partial charge in [0.05, 0.1) is 16.6 Å². The molecule has 2 aromatic heterocycles. The standard InChI is InChI=1S/C22H18FN5O2/c23-15-7-5-14(6-8-15)18-13-19(26-25-18)22(30)27-10-9-20-24-17-4-2-1-3-16(17)21(29)28(20)12-11-27/h1-8,13H,9-12H2,(H,25,26). The highest BCUT2D eigenvalue weighted by Crippen LogP contribution is 2.19. The molecule has 8 heteroatoms. The molecule has 2 aromatic carbocycles. The maximum absolute atomic E-state index is 13.1. The Morgan fingerprint density at radius 3 is 2.67 bits per heavy atom. The second-order valence-electron chi connectivity index (χ2n) is 7.22. The summed E-state index contributed by atoms with van der Waals surface area (Å²) in [5.41, 5.74) is 2.24. The molecule has 1 amide bonds. The number of hydrogen-bond acceptors (Lipinski definition) is 4. The van der Waals surface area contributed by atoms with Gasteiger partial charge < -0.3 is 4.90 Å². The van der Waals surface area contributed by atoms with E-state index in [1.165, 1.54) is 12.1 Å². The largest absolute Gasteiger partial charge is 0.335 e. The summed E-state index contributed by atoms with van der Waals surface area (Å²) in [4.78, 5) is 32.2. The molecule has 1 aliphatic heterocycles. The van der Waals surface area contributed by atoms with Gasteiger partial charge in [-0.1, -0.05) is 12.1 Å². The summed E-state index contributed by atoms with van der Waals surface area (Å²) in [5, 5.41) is 7.54. The number of nitrogens with zero attached hydrogens (tertiary/aromatic N) is 4. The number of rotatable bonds is 2. The lowest BCUT2D eigenvalue weighted by molar-refractivity contribution is 0.0753. The lowest BCUT2D eigenvalue weighted by Crippen LogP contribution is -2.34. The maximum atomic E-state index is 13.1. The lowest BCUT2D eigenvalue weighted by Gasteiger charge is -2.18. The highest BCUT2D eigenvalue weighted by molar-refractivity contribution is 5.93. The molecule has 0 atom stereocenters. The van der Waals surface area contributed by atoms with E-state index in [1.54, 1.807) is 33.7 Å². The zero-order chi connectivity index (χ0) is 20.7. The maximum Gasteiger partial charge on any atom is 0.271 e. The van der Waals surface area contributed by atoms with Crippen LogP contribution in [0, 0.1) is 5.82 Å². The molecule has 0 radical (unpaired) electrons. The van der Waals surface area contributed by atoms with Crippen molar-refractivity contribution < 1.29 is 9.18 Å². The minimum atomic E-state index is -0.328. The summed E-state index contributed by atoms with van der Waals surface area (Å²) < 4.78 is 14.8. The number of benzene rings is 2. The molecule has 4 aromatic rings. The van der Waals surface area contributed by atoms with E-state index < -0.39 is 0 Å². The Hall–Kier alpha value is -3.81. The fourth-order valence-corrected chi connectivity index (χ4v) is 3.78. The van der Waals surface area contributed by atoms with Crippen molar-refractivity contribution in [3.05, 3.63) is 82.3 Å². The summed E-state index contributed by atoms with van der Waals surface area (Å²) in [7, 11) is 0. The molecule has 0 aliphatic carbocycles. The zero-order valence-electron chi connectivity index (χ0n) is 16.0. The molecule has 7 nitrogen and oxygen atoms in total. The number of hydrogen-bond donors (Lipinski definition) is 1. The fourth-order valence-electron chi connectivity index (χ4n) is 3.78. The van der Waals surface area contributed by atoms with Crippen LogP contribution in [0.4, 0.5) is 4.39 Å². The number of carbonyl (C=O) groups excluding carboxylic acids is 1. The Morgan fingerprint density at radius 2 is 1.83 bits per heavy atom. The van der Waals surface area contributed by atoms with Gasteiger partial charge in [-0.3, -0.25) is 19.3 Å². The second kappa shape index (κ2) is 7.22. The summed E-state index contributed by atoms with van der Waals surface area (Å²) in [6, 6.07) is 14.9. The zero-order valence-corrected chi connectivity index (χ0v) is 16.0. The van der Waals surface area contributed by atoms with Crippen molar-refractivity contribution in [2.45, 2.75) is 13.0 Å². The first kappa shape index (κ1) is 18.2. The Balaban J connectivity index is 1.39. The molecule has 150 valence electrons. The highest BCUT2D eigenvalue weighted by atomic mass is 19.1.